The maximum Gasteiger partial charge on any atom is 0.342 e. The minimum atomic E-state index is -1.14. The summed E-state index contributed by atoms with van der Waals surface area (Å²) in [5.74, 6) is 0.443. The van der Waals surface area contributed by atoms with Gasteiger partial charge in [0.1, 0.15) is 34.6 Å². The first-order chi connectivity index (χ1) is 17.4. The molecule has 0 bridgehead atoms. The Balaban J connectivity index is 1.45. The molecule has 10 heteroatoms. The number of thioether (sulfide) groups is 1. The van der Waals surface area contributed by atoms with E-state index in [0.717, 1.165) is 17.3 Å². The van der Waals surface area contributed by atoms with Gasteiger partial charge in [-0.25, -0.2) is 9.18 Å². The molecule has 0 atom stereocenters. The third-order valence-corrected chi connectivity index (χ3v) is 5.76. The van der Waals surface area contributed by atoms with Crippen molar-refractivity contribution in [3.05, 3.63) is 88.6 Å². The molecule has 1 aromatic heterocycles. The second-order valence-electron chi connectivity index (χ2n) is 7.37. The lowest BCUT2D eigenvalue weighted by Crippen LogP contribution is -1.97. The molecule has 1 N–H and O–H groups in total. The Bertz CT molecular complexity index is 1350. The van der Waals surface area contributed by atoms with Crippen molar-refractivity contribution in [2.75, 3.05) is 14.2 Å². The van der Waals surface area contributed by atoms with E-state index in [0.29, 0.717) is 28.4 Å². The Morgan fingerprint density at radius 1 is 0.972 bits per heavy atom. The van der Waals surface area contributed by atoms with Gasteiger partial charge in [-0.3, -0.25) is 0 Å². The molecule has 0 saturated carbocycles. The van der Waals surface area contributed by atoms with E-state index in [2.05, 4.69) is 10.2 Å². The lowest BCUT2D eigenvalue weighted by atomic mass is 10.2. The van der Waals surface area contributed by atoms with Gasteiger partial charge in [0, 0.05) is 11.6 Å². The van der Waals surface area contributed by atoms with E-state index >= 15 is 0 Å². The van der Waals surface area contributed by atoms with Crippen molar-refractivity contribution in [1.82, 2.24) is 10.2 Å². The predicted molar refractivity (Wildman–Crippen MR) is 131 cm³/mol. The molecule has 8 nitrogen and oxygen atoms in total. The van der Waals surface area contributed by atoms with E-state index in [1.807, 2.05) is 0 Å². The van der Waals surface area contributed by atoms with Crippen LogP contribution in [0.5, 0.6) is 17.2 Å². The van der Waals surface area contributed by atoms with Crippen LogP contribution in [-0.4, -0.2) is 35.5 Å². The topological polar surface area (TPSA) is 104 Å². The fourth-order valence-electron chi connectivity index (χ4n) is 3.09. The number of carboxylic acids is 1. The summed E-state index contributed by atoms with van der Waals surface area (Å²) in [7, 11) is 3.06. The highest BCUT2D eigenvalue weighted by molar-refractivity contribution is 8.03. The summed E-state index contributed by atoms with van der Waals surface area (Å²) >= 11 is 0.837. The van der Waals surface area contributed by atoms with Crippen molar-refractivity contribution in [3.63, 3.8) is 0 Å². The number of benzene rings is 3. The van der Waals surface area contributed by atoms with Crippen molar-refractivity contribution in [2.24, 2.45) is 0 Å². The molecule has 4 aromatic rings. The molecule has 0 unspecified atom stereocenters. The summed E-state index contributed by atoms with van der Waals surface area (Å²) in [6.45, 7) is 0.282. The number of hydrogen-bond donors (Lipinski definition) is 1. The number of ether oxygens (including phenoxy) is 3. The molecule has 4 rings (SSSR count). The van der Waals surface area contributed by atoms with Crippen LogP contribution in [0.1, 0.15) is 11.1 Å². The minimum absolute atomic E-state index is 0.00611. The highest BCUT2D eigenvalue weighted by Crippen LogP contribution is 2.33. The van der Waals surface area contributed by atoms with Gasteiger partial charge >= 0.3 is 5.97 Å². The zero-order valence-corrected chi connectivity index (χ0v) is 20.1. The standard InChI is InChI=1S/C26H21FN2O6S/c1-32-21-12-18(13-22(14-21)33-2)24-28-29-26(35-24)36-23(25(30)31)11-16-5-9-20(10-6-16)34-15-17-3-7-19(27)8-4-17/h3-14H,15H2,1-2H3,(H,30,31)/b23-11-. The molecule has 184 valence electrons. The van der Waals surface area contributed by atoms with Gasteiger partial charge in [-0.1, -0.05) is 24.3 Å². The fourth-order valence-corrected chi connectivity index (χ4v) is 3.76. The number of aliphatic carboxylic acids is 1. The molecule has 0 saturated heterocycles. The number of halogens is 1. The molecule has 0 radical (unpaired) electrons. The quantitative estimate of drug-likeness (QED) is 0.214. The average Bonchev–Trinajstić information content (AvgIpc) is 3.37. The van der Waals surface area contributed by atoms with Gasteiger partial charge in [-0.2, -0.15) is 0 Å². The van der Waals surface area contributed by atoms with Crippen LogP contribution in [0.25, 0.3) is 17.5 Å². The van der Waals surface area contributed by atoms with Crippen molar-refractivity contribution in [2.45, 2.75) is 11.8 Å². The third-order valence-electron chi connectivity index (χ3n) is 4.91. The lowest BCUT2D eigenvalue weighted by Gasteiger charge is -2.07. The zero-order valence-electron chi connectivity index (χ0n) is 19.3. The molecule has 36 heavy (non-hydrogen) atoms. The average molecular weight is 509 g/mol. The monoisotopic (exact) mass is 508 g/mol. The van der Waals surface area contributed by atoms with E-state index in [4.69, 9.17) is 18.6 Å². The number of methoxy groups -OCH3 is 2. The summed E-state index contributed by atoms with van der Waals surface area (Å²) < 4.78 is 34.9. The van der Waals surface area contributed by atoms with E-state index in [1.54, 1.807) is 54.6 Å². The Morgan fingerprint density at radius 3 is 2.25 bits per heavy atom. The van der Waals surface area contributed by atoms with Crippen LogP contribution >= 0.6 is 11.8 Å². The van der Waals surface area contributed by atoms with Gasteiger partial charge < -0.3 is 23.7 Å². The SMILES string of the molecule is COc1cc(OC)cc(-c2nnc(S/C(=C\c3ccc(OCc4ccc(F)cc4)cc3)C(=O)O)o2)c1. The molecule has 0 amide bonds. The van der Waals surface area contributed by atoms with Crippen LogP contribution in [0, 0.1) is 5.82 Å². The van der Waals surface area contributed by atoms with Crippen molar-refractivity contribution in [1.29, 1.82) is 0 Å². The Kier molecular flexibility index (Phi) is 7.86. The van der Waals surface area contributed by atoms with Gasteiger partial charge in [0.05, 0.1) is 14.2 Å². The Labute approximate surface area is 210 Å². The first kappa shape index (κ1) is 24.8. The van der Waals surface area contributed by atoms with Crippen molar-refractivity contribution >= 4 is 23.8 Å². The first-order valence-electron chi connectivity index (χ1n) is 10.6. The maximum absolute atomic E-state index is 13.0. The molecule has 0 aliphatic heterocycles. The normalized spacial score (nSPS) is 11.2. The number of nitrogens with zero attached hydrogens (tertiary/aromatic N) is 2. The second-order valence-corrected chi connectivity index (χ2v) is 8.37. The minimum Gasteiger partial charge on any atom is -0.497 e. The van der Waals surface area contributed by atoms with E-state index < -0.39 is 5.97 Å². The maximum atomic E-state index is 13.0. The molecular weight excluding hydrogens is 487 g/mol. The Hall–Kier alpha value is -4.31. The highest BCUT2D eigenvalue weighted by atomic mass is 32.2. The second kappa shape index (κ2) is 11.4. The van der Waals surface area contributed by atoms with Crippen molar-refractivity contribution in [3.8, 4) is 28.7 Å². The zero-order chi connectivity index (χ0) is 25.5. The van der Waals surface area contributed by atoms with Crippen LogP contribution < -0.4 is 14.2 Å². The van der Waals surface area contributed by atoms with E-state index in [1.165, 1.54) is 32.4 Å². The lowest BCUT2D eigenvalue weighted by molar-refractivity contribution is -0.131. The van der Waals surface area contributed by atoms with Gasteiger partial charge in [0.15, 0.2) is 0 Å². The van der Waals surface area contributed by atoms with E-state index in [-0.39, 0.29) is 28.4 Å². The molecule has 0 spiro atoms. The summed E-state index contributed by atoms with van der Waals surface area (Å²) in [6.07, 6.45) is 1.50. The number of carbonyl (C=O) groups is 1. The summed E-state index contributed by atoms with van der Waals surface area (Å²) in [5.41, 5.74) is 2.05. The van der Waals surface area contributed by atoms with Gasteiger partial charge in [0.25, 0.3) is 5.22 Å². The fraction of sp³-hybridized carbons (Fsp3) is 0.115. The first-order valence-corrected chi connectivity index (χ1v) is 11.4. The largest absolute Gasteiger partial charge is 0.497 e. The van der Waals surface area contributed by atoms with Crippen LogP contribution in [0.2, 0.25) is 0 Å². The van der Waals surface area contributed by atoms with Gasteiger partial charge in [0.2, 0.25) is 5.89 Å². The smallest absolute Gasteiger partial charge is 0.342 e. The van der Waals surface area contributed by atoms with E-state index in [9.17, 15) is 14.3 Å². The number of aromatic nitrogens is 2. The summed E-state index contributed by atoms with van der Waals surface area (Å²) in [5, 5.41) is 17.7. The Morgan fingerprint density at radius 2 is 1.64 bits per heavy atom. The summed E-state index contributed by atoms with van der Waals surface area (Å²) in [4.78, 5) is 11.8. The number of carboxylic acid groups (broad SMARTS) is 1. The van der Waals surface area contributed by atoms with Crippen LogP contribution in [-0.2, 0) is 11.4 Å². The summed E-state index contributed by atoms with van der Waals surface area (Å²) in [6, 6.07) is 18.1. The van der Waals surface area contributed by atoms with Gasteiger partial charge in [-0.05, 0) is 65.4 Å². The molecule has 0 fully saturated rings. The number of hydrogen-bond acceptors (Lipinski definition) is 8. The number of rotatable bonds is 10. The van der Waals surface area contributed by atoms with Crippen LogP contribution in [0.4, 0.5) is 4.39 Å². The third kappa shape index (κ3) is 6.42. The molecule has 3 aromatic carbocycles. The van der Waals surface area contributed by atoms with Crippen molar-refractivity contribution < 1.29 is 32.9 Å². The molecule has 0 aliphatic rings. The molecular formula is C26H21FN2O6S. The molecule has 1 heterocycles. The molecule has 0 aliphatic carbocycles. The predicted octanol–water partition coefficient (Wildman–Crippen LogP) is 5.69. The van der Waals surface area contributed by atoms with Crippen LogP contribution in [0.3, 0.4) is 0 Å². The highest BCUT2D eigenvalue weighted by Gasteiger charge is 2.17. The van der Waals surface area contributed by atoms with Crippen LogP contribution in [0.15, 0.2) is 81.3 Å². The van der Waals surface area contributed by atoms with Gasteiger partial charge in [-0.15, -0.1) is 10.2 Å².